The molecule has 1 atom stereocenters. The van der Waals surface area contributed by atoms with Gasteiger partial charge in [-0.25, -0.2) is 0 Å². The minimum Gasteiger partial charge on any atom is -0.480 e. The minimum atomic E-state index is -0.930. The van der Waals surface area contributed by atoms with Crippen LogP contribution in [0.1, 0.15) is 25.5 Å². The first kappa shape index (κ1) is 16.7. The predicted molar refractivity (Wildman–Crippen MR) is 80.4 cm³/mol. The Labute approximate surface area is 127 Å². The number of nitrogens with one attached hydrogen (secondary N) is 1. The molecule has 1 rings (SSSR count). The summed E-state index contributed by atoms with van der Waals surface area (Å²) in [5, 5.41) is 11.6. The number of benzene rings is 1. The first-order valence-electron chi connectivity index (χ1n) is 6.41. The SMILES string of the molecule is CCN(CC(=O)O)CC(=O)NC(C)c1ccc(Br)cc1. The zero-order chi connectivity index (χ0) is 15.1. The number of carboxylic acid groups (broad SMARTS) is 1. The van der Waals surface area contributed by atoms with E-state index in [1.165, 1.54) is 0 Å². The van der Waals surface area contributed by atoms with E-state index in [2.05, 4.69) is 21.2 Å². The van der Waals surface area contributed by atoms with Crippen molar-refractivity contribution in [1.29, 1.82) is 0 Å². The van der Waals surface area contributed by atoms with Crippen molar-refractivity contribution < 1.29 is 14.7 Å². The Bertz CT molecular complexity index is 462. The standard InChI is InChI=1S/C14H19BrN2O3/c1-3-17(9-14(19)20)8-13(18)16-10(2)11-4-6-12(15)7-5-11/h4-7,10H,3,8-9H2,1-2H3,(H,16,18)(H,19,20). The Hall–Kier alpha value is -1.40. The highest BCUT2D eigenvalue weighted by atomic mass is 79.9. The molecule has 0 spiro atoms. The number of aliphatic carboxylic acids is 1. The van der Waals surface area contributed by atoms with Crippen LogP contribution in [-0.2, 0) is 9.59 Å². The Kier molecular flexibility index (Phi) is 6.67. The van der Waals surface area contributed by atoms with E-state index in [-0.39, 0.29) is 25.0 Å². The van der Waals surface area contributed by atoms with Crippen LogP contribution < -0.4 is 5.32 Å². The smallest absolute Gasteiger partial charge is 0.317 e. The largest absolute Gasteiger partial charge is 0.480 e. The summed E-state index contributed by atoms with van der Waals surface area (Å²) >= 11 is 3.36. The highest BCUT2D eigenvalue weighted by Gasteiger charge is 2.14. The molecule has 0 fully saturated rings. The summed E-state index contributed by atoms with van der Waals surface area (Å²) in [4.78, 5) is 24.1. The molecular weight excluding hydrogens is 324 g/mol. The van der Waals surface area contributed by atoms with Gasteiger partial charge in [0.05, 0.1) is 19.1 Å². The number of carbonyl (C=O) groups excluding carboxylic acids is 1. The zero-order valence-corrected chi connectivity index (χ0v) is 13.2. The van der Waals surface area contributed by atoms with E-state index >= 15 is 0 Å². The fraction of sp³-hybridized carbons (Fsp3) is 0.429. The van der Waals surface area contributed by atoms with Crippen molar-refractivity contribution in [3.05, 3.63) is 34.3 Å². The number of hydrogen-bond acceptors (Lipinski definition) is 3. The second-order valence-electron chi connectivity index (χ2n) is 4.54. The van der Waals surface area contributed by atoms with Crippen LogP contribution in [0.2, 0.25) is 0 Å². The Morgan fingerprint density at radius 2 is 1.90 bits per heavy atom. The lowest BCUT2D eigenvalue weighted by Gasteiger charge is -2.20. The molecule has 0 saturated carbocycles. The molecule has 2 N–H and O–H groups in total. The first-order valence-corrected chi connectivity index (χ1v) is 7.20. The fourth-order valence-electron chi connectivity index (χ4n) is 1.80. The quantitative estimate of drug-likeness (QED) is 0.795. The summed E-state index contributed by atoms with van der Waals surface area (Å²) in [6.45, 7) is 4.20. The third-order valence-electron chi connectivity index (χ3n) is 2.92. The number of amides is 1. The van der Waals surface area contributed by atoms with Gasteiger partial charge in [0.2, 0.25) is 5.91 Å². The molecule has 110 valence electrons. The second-order valence-corrected chi connectivity index (χ2v) is 5.45. The lowest BCUT2D eigenvalue weighted by atomic mass is 10.1. The van der Waals surface area contributed by atoms with E-state index in [1.54, 1.807) is 4.90 Å². The van der Waals surface area contributed by atoms with Gasteiger partial charge in [-0.05, 0) is 31.2 Å². The van der Waals surface area contributed by atoms with Crippen molar-refractivity contribution in [2.45, 2.75) is 19.9 Å². The minimum absolute atomic E-state index is 0.0870. The van der Waals surface area contributed by atoms with Gasteiger partial charge in [0.1, 0.15) is 0 Å². The lowest BCUT2D eigenvalue weighted by Crippen LogP contribution is -2.40. The third-order valence-corrected chi connectivity index (χ3v) is 3.45. The van der Waals surface area contributed by atoms with Gasteiger partial charge in [-0.3, -0.25) is 14.5 Å². The highest BCUT2D eigenvalue weighted by Crippen LogP contribution is 2.16. The van der Waals surface area contributed by atoms with E-state index in [0.29, 0.717) is 6.54 Å². The molecule has 0 aliphatic heterocycles. The van der Waals surface area contributed by atoms with Gasteiger partial charge in [-0.15, -0.1) is 0 Å². The highest BCUT2D eigenvalue weighted by molar-refractivity contribution is 9.10. The molecule has 1 amide bonds. The van der Waals surface area contributed by atoms with Crippen LogP contribution in [0.15, 0.2) is 28.7 Å². The van der Waals surface area contributed by atoms with Crippen LogP contribution in [0.4, 0.5) is 0 Å². The predicted octanol–water partition coefficient (Wildman–Crippen LogP) is 2.03. The van der Waals surface area contributed by atoms with Gasteiger partial charge in [-0.2, -0.15) is 0 Å². The van der Waals surface area contributed by atoms with E-state index in [0.717, 1.165) is 10.0 Å². The monoisotopic (exact) mass is 342 g/mol. The Morgan fingerprint density at radius 3 is 2.40 bits per heavy atom. The second kappa shape index (κ2) is 8.01. The van der Waals surface area contributed by atoms with Crippen LogP contribution in [0.5, 0.6) is 0 Å². The molecule has 6 heteroatoms. The van der Waals surface area contributed by atoms with E-state index in [1.807, 2.05) is 38.1 Å². The van der Waals surface area contributed by atoms with Crippen LogP contribution in [0.25, 0.3) is 0 Å². The maximum Gasteiger partial charge on any atom is 0.317 e. The Balaban J connectivity index is 2.52. The molecule has 0 radical (unpaired) electrons. The molecule has 0 aromatic heterocycles. The maximum absolute atomic E-state index is 11.9. The summed E-state index contributed by atoms with van der Waals surface area (Å²) in [5.74, 6) is -1.11. The van der Waals surface area contributed by atoms with E-state index in [4.69, 9.17) is 5.11 Å². The molecule has 1 unspecified atom stereocenters. The maximum atomic E-state index is 11.9. The molecular formula is C14H19BrN2O3. The van der Waals surface area contributed by atoms with Gasteiger partial charge in [0.15, 0.2) is 0 Å². The summed E-state index contributed by atoms with van der Waals surface area (Å²) in [6.07, 6.45) is 0. The molecule has 20 heavy (non-hydrogen) atoms. The van der Waals surface area contributed by atoms with Gasteiger partial charge >= 0.3 is 5.97 Å². The first-order chi connectivity index (χ1) is 9.42. The molecule has 0 aliphatic carbocycles. The number of hydrogen-bond donors (Lipinski definition) is 2. The van der Waals surface area contributed by atoms with Crippen molar-refractivity contribution >= 4 is 27.8 Å². The van der Waals surface area contributed by atoms with Gasteiger partial charge < -0.3 is 10.4 Å². The van der Waals surface area contributed by atoms with Gasteiger partial charge in [-0.1, -0.05) is 35.0 Å². The van der Waals surface area contributed by atoms with Gasteiger partial charge in [0.25, 0.3) is 0 Å². The van der Waals surface area contributed by atoms with Crippen molar-refractivity contribution in [3.8, 4) is 0 Å². The fourth-order valence-corrected chi connectivity index (χ4v) is 2.06. The average molecular weight is 343 g/mol. The number of halogens is 1. The summed E-state index contributed by atoms with van der Waals surface area (Å²) < 4.78 is 0.985. The van der Waals surface area contributed by atoms with E-state index in [9.17, 15) is 9.59 Å². The van der Waals surface area contributed by atoms with Crippen LogP contribution in [0.3, 0.4) is 0 Å². The van der Waals surface area contributed by atoms with Crippen molar-refractivity contribution in [3.63, 3.8) is 0 Å². The molecule has 1 aromatic rings. The van der Waals surface area contributed by atoms with Crippen LogP contribution in [0, 0.1) is 0 Å². The van der Waals surface area contributed by atoms with Crippen molar-refractivity contribution in [2.75, 3.05) is 19.6 Å². The number of likely N-dealkylation sites (N-methyl/N-ethyl adjacent to an activating group) is 1. The van der Waals surface area contributed by atoms with Crippen LogP contribution in [-0.4, -0.2) is 41.5 Å². The zero-order valence-electron chi connectivity index (χ0n) is 11.6. The topological polar surface area (TPSA) is 69.6 Å². The lowest BCUT2D eigenvalue weighted by molar-refractivity contribution is -0.138. The Morgan fingerprint density at radius 1 is 1.30 bits per heavy atom. The number of nitrogens with zero attached hydrogens (tertiary/aromatic N) is 1. The average Bonchev–Trinajstić information content (AvgIpc) is 2.37. The van der Waals surface area contributed by atoms with Crippen molar-refractivity contribution in [1.82, 2.24) is 10.2 Å². The third kappa shape index (κ3) is 5.71. The molecule has 0 saturated heterocycles. The summed E-state index contributed by atoms with van der Waals surface area (Å²) in [5.41, 5.74) is 1.00. The van der Waals surface area contributed by atoms with Crippen molar-refractivity contribution in [2.24, 2.45) is 0 Å². The summed E-state index contributed by atoms with van der Waals surface area (Å²) in [7, 11) is 0. The molecule has 0 bridgehead atoms. The van der Waals surface area contributed by atoms with Gasteiger partial charge in [0, 0.05) is 4.47 Å². The molecule has 0 aliphatic rings. The van der Waals surface area contributed by atoms with E-state index < -0.39 is 5.97 Å². The summed E-state index contributed by atoms with van der Waals surface area (Å²) in [6, 6.07) is 7.59. The molecule has 5 nitrogen and oxygen atoms in total. The molecule has 0 heterocycles. The molecule has 1 aromatic carbocycles. The van der Waals surface area contributed by atoms with Crippen LogP contribution >= 0.6 is 15.9 Å². The number of carboxylic acids is 1. The normalized spacial score (nSPS) is 12.2. The number of carbonyl (C=O) groups is 2. The number of rotatable bonds is 7.